The Labute approximate surface area is 73.1 Å². The van der Waals surface area contributed by atoms with Gasteiger partial charge in [-0.25, -0.2) is 0 Å². The minimum absolute atomic E-state index is 0. The van der Waals surface area contributed by atoms with Crippen molar-refractivity contribution < 1.29 is 0 Å². The van der Waals surface area contributed by atoms with Crippen LogP contribution in [-0.4, -0.2) is 15.2 Å². The molecule has 0 spiro atoms. The molecular formula is C9H18Al. The molecule has 0 aromatic rings. The van der Waals surface area contributed by atoms with E-state index in [-0.39, 0.29) is 7.43 Å². The van der Waals surface area contributed by atoms with E-state index < -0.39 is 0 Å². The lowest BCUT2D eigenvalue weighted by Crippen LogP contribution is -1.99. The summed E-state index contributed by atoms with van der Waals surface area (Å²) in [6.45, 7) is 9.25. The van der Waals surface area contributed by atoms with Crippen molar-refractivity contribution in [3.05, 3.63) is 7.43 Å². The van der Waals surface area contributed by atoms with Crippen molar-refractivity contribution in [2.24, 2.45) is 11.8 Å². The fourth-order valence-corrected chi connectivity index (χ4v) is 2.29. The summed E-state index contributed by atoms with van der Waals surface area (Å²) >= 11 is 0.755. The molecule has 0 rings (SSSR count). The molecule has 5 radical (unpaired) electrons. The molecule has 0 amide bonds. The largest absolute Gasteiger partial charge is 0.200 e. The lowest BCUT2D eigenvalue weighted by atomic mass is 10.3. The third-order valence-corrected chi connectivity index (χ3v) is 3.83. The van der Waals surface area contributed by atoms with E-state index in [1.165, 1.54) is 10.6 Å². The normalized spacial score (nSPS) is 9.80. The first kappa shape index (κ1) is 13.1. The summed E-state index contributed by atoms with van der Waals surface area (Å²) in [5.41, 5.74) is 0. The maximum absolute atomic E-state index is 2.31. The second-order valence-electron chi connectivity index (χ2n) is 3.55. The molecule has 1 heteroatoms. The highest BCUT2D eigenvalue weighted by atomic mass is 27.1. The average molecular weight is 153 g/mol. The quantitative estimate of drug-likeness (QED) is 0.545. The van der Waals surface area contributed by atoms with Crippen molar-refractivity contribution >= 4 is 15.2 Å². The summed E-state index contributed by atoms with van der Waals surface area (Å²) in [6, 6.07) is 0. The molecule has 57 valence electrons. The van der Waals surface area contributed by atoms with Gasteiger partial charge in [-0.3, -0.25) is 0 Å². The van der Waals surface area contributed by atoms with Gasteiger partial charge in [0.25, 0.3) is 0 Å². The Morgan fingerprint density at radius 2 is 1.20 bits per heavy atom. The predicted molar refractivity (Wildman–Crippen MR) is 48.3 cm³/mol. The smallest absolute Gasteiger partial charge is 0.102 e. The van der Waals surface area contributed by atoms with Crippen molar-refractivity contribution in [2.75, 3.05) is 0 Å². The van der Waals surface area contributed by atoms with Crippen LogP contribution in [0.2, 0.25) is 10.6 Å². The summed E-state index contributed by atoms with van der Waals surface area (Å²) in [6.07, 6.45) is 0. The topological polar surface area (TPSA) is 0 Å². The Kier molecular flexibility index (Phi) is 10.0. The summed E-state index contributed by atoms with van der Waals surface area (Å²) in [5, 5.41) is 2.97. The highest BCUT2D eigenvalue weighted by Gasteiger charge is 1.98. The Morgan fingerprint density at radius 1 is 0.900 bits per heavy atom. The molecule has 0 heterocycles. The molecule has 0 aliphatic heterocycles. The zero-order valence-electron chi connectivity index (χ0n) is 7.65. The van der Waals surface area contributed by atoms with Gasteiger partial charge in [0.2, 0.25) is 15.2 Å². The van der Waals surface area contributed by atoms with E-state index >= 15 is 0 Å². The van der Waals surface area contributed by atoms with Crippen molar-refractivity contribution in [3.8, 4) is 0 Å². The minimum atomic E-state index is 0. The molecule has 0 atom stereocenters. The van der Waals surface area contributed by atoms with E-state index in [4.69, 9.17) is 0 Å². The van der Waals surface area contributed by atoms with Crippen LogP contribution in [0.15, 0.2) is 0 Å². The van der Waals surface area contributed by atoms with E-state index in [2.05, 4.69) is 27.7 Å². The lowest BCUT2D eigenvalue weighted by Gasteiger charge is -2.03. The summed E-state index contributed by atoms with van der Waals surface area (Å²) in [7, 11) is 0. The van der Waals surface area contributed by atoms with Crippen molar-refractivity contribution in [1.82, 2.24) is 0 Å². The van der Waals surface area contributed by atoms with Crippen LogP contribution in [0.25, 0.3) is 0 Å². The minimum Gasteiger partial charge on any atom is -0.102 e. The molecule has 0 unspecified atom stereocenters. The van der Waals surface area contributed by atoms with E-state index in [1.54, 1.807) is 0 Å². The van der Waals surface area contributed by atoms with Gasteiger partial charge in [-0.05, 0) is 0 Å². The zero-order valence-corrected chi connectivity index (χ0v) is 8.80. The molecule has 0 aliphatic carbocycles. The number of hydrogen-bond donors (Lipinski definition) is 0. The molecule has 0 fully saturated rings. The third kappa shape index (κ3) is 11.3. The summed E-state index contributed by atoms with van der Waals surface area (Å²) in [5.74, 6) is 1.86. The Hall–Kier alpha value is 0.532. The molecule has 0 aliphatic rings. The average Bonchev–Trinajstić information content (AvgIpc) is 1.63. The van der Waals surface area contributed by atoms with Crippen LogP contribution in [-0.2, 0) is 0 Å². The standard InChI is InChI=1S/2C4H9.C.Al/c2*1-4(2)3;;/h2*4H,1H2,2-3H3;;. The summed E-state index contributed by atoms with van der Waals surface area (Å²) in [4.78, 5) is 0. The molecule has 0 aromatic heterocycles. The third-order valence-electron chi connectivity index (χ3n) is 1.28. The maximum Gasteiger partial charge on any atom is 0.200 e. The number of hydrogen-bond acceptors (Lipinski definition) is 0. The van der Waals surface area contributed by atoms with Gasteiger partial charge in [-0.1, -0.05) is 39.5 Å². The van der Waals surface area contributed by atoms with Gasteiger partial charge in [0.05, 0.1) is 0 Å². The molecule has 0 nitrogen and oxygen atoms in total. The van der Waals surface area contributed by atoms with E-state index in [9.17, 15) is 0 Å². The molecule has 0 saturated heterocycles. The molecule has 0 bridgehead atoms. The SMILES string of the molecule is CC(C)[CH2][Al][CH2]C(C)C.[C]. The Morgan fingerprint density at radius 3 is 1.40 bits per heavy atom. The Balaban J connectivity index is 0. The highest BCUT2D eigenvalue weighted by molar-refractivity contribution is 6.35. The molecule has 0 aromatic carbocycles. The molecule has 10 heavy (non-hydrogen) atoms. The van der Waals surface area contributed by atoms with Gasteiger partial charge < -0.3 is 0 Å². The van der Waals surface area contributed by atoms with Gasteiger partial charge in [0.1, 0.15) is 0 Å². The van der Waals surface area contributed by atoms with Gasteiger partial charge >= 0.3 is 0 Å². The van der Waals surface area contributed by atoms with Crippen molar-refractivity contribution in [2.45, 2.75) is 38.3 Å². The van der Waals surface area contributed by atoms with Crippen LogP contribution >= 0.6 is 0 Å². The van der Waals surface area contributed by atoms with Crippen LogP contribution < -0.4 is 0 Å². The van der Waals surface area contributed by atoms with E-state index in [0.29, 0.717) is 0 Å². The highest BCUT2D eigenvalue weighted by Crippen LogP contribution is 2.05. The van der Waals surface area contributed by atoms with Crippen molar-refractivity contribution in [3.63, 3.8) is 0 Å². The number of rotatable bonds is 4. The molecule has 0 N–H and O–H groups in total. The van der Waals surface area contributed by atoms with E-state index in [1.807, 2.05) is 0 Å². The zero-order chi connectivity index (χ0) is 7.28. The fourth-order valence-electron chi connectivity index (χ4n) is 0.763. The van der Waals surface area contributed by atoms with Crippen LogP contribution in [0.3, 0.4) is 0 Å². The molecular weight excluding hydrogens is 135 g/mol. The lowest BCUT2D eigenvalue weighted by molar-refractivity contribution is 0.700. The second kappa shape index (κ2) is 7.64. The van der Waals surface area contributed by atoms with Crippen LogP contribution in [0.5, 0.6) is 0 Å². The first-order valence-corrected chi connectivity index (χ1v) is 5.58. The van der Waals surface area contributed by atoms with Gasteiger partial charge in [0, 0.05) is 7.43 Å². The monoisotopic (exact) mass is 153 g/mol. The maximum atomic E-state index is 2.31. The first-order valence-electron chi connectivity index (χ1n) is 3.94. The van der Waals surface area contributed by atoms with Crippen LogP contribution in [0.4, 0.5) is 0 Å². The van der Waals surface area contributed by atoms with Gasteiger partial charge in [0.15, 0.2) is 0 Å². The molecule has 0 saturated carbocycles. The van der Waals surface area contributed by atoms with E-state index in [0.717, 1.165) is 27.1 Å². The first-order chi connectivity index (χ1) is 4.13. The van der Waals surface area contributed by atoms with Crippen molar-refractivity contribution in [1.29, 1.82) is 0 Å². The van der Waals surface area contributed by atoms with Crippen LogP contribution in [0, 0.1) is 19.3 Å². The van der Waals surface area contributed by atoms with Crippen LogP contribution in [0.1, 0.15) is 27.7 Å². The second-order valence-corrected chi connectivity index (χ2v) is 5.07. The van der Waals surface area contributed by atoms with Gasteiger partial charge in [-0.15, -0.1) is 10.6 Å². The fraction of sp³-hybridized carbons (Fsp3) is 0.889. The Bertz CT molecular complexity index is 49.7. The van der Waals surface area contributed by atoms with Gasteiger partial charge in [-0.2, -0.15) is 0 Å². The predicted octanol–water partition coefficient (Wildman–Crippen LogP) is 2.92. The summed E-state index contributed by atoms with van der Waals surface area (Å²) < 4.78 is 0.